The molecule has 0 saturated carbocycles. The van der Waals surface area contributed by atoms with Gasteiger partial charge in [0.2, 0.25) is 5.91 Å². The van der Waals surface area contributed by atoms with Gasteiger partial charge in [0.1, 0.15) is 11.6 Å². The third-order valence-corrected chi connectivity index (χ3v) is 7.13. The van der Waals surface area contributed by atoms with Gasteiger partial charge in [-0.2, -0.15) is 0 Å². The van der Waals surface area contributed by atoms with Gasteiger partial charge in [0, 0.05) is 35.2 Å². The molecule has 6 nitrogen and oxygen atoms in total. The van der Waals surface area contributed by atoms with E-state index in [0.29, 0.717) is 19.0 Å². The van der Waals surface area contributed by atoms with Crippen molar-refractivity contribution in [2.75, 3.05) is 19.6 Å². The molecule has 1 N–H and O–H groups in total. The molecule has 28 heavy (non-hydrogen) atoms. The Bertz CT molecular complexity index is 799. The molecule has 7 heteroatoms. The zero-order valence-corrected chi connectivity index (χ0v) is 17.6. The first-order valence-electron chi connectivity index (χ1n) is 10.7. The molecule has 0 aromatic carbocycles. The highest BCUT2D eigenvalue weighted by Gasteiger charge is 2.28. The summed E-state index contributed by atoms with van der Waals surface area (Å²) in [6.07, 6.45) is 8.09. The maximum atomic E-state index is 12.5. The van der Waals surface area contributed by atoms with Crippen LogP contribution < -0.4 is 5.32 Å². The van der Waals surface area contributed by atoms with Crippen molar-refractivity contribution in [3.63, 3.8) is 0 Å². The van der Waals surface area contributed by atoms with Gasteiger partial charge in [-0.15, -0.1) is 21.5 Å². The molecule has 1 unspecified atom stereocenters. The molecule has 2 aliphatic heterocycles. The number of nitrogens with one attached hydrogen (secondary N) is 1. The SMILES string of the molecule is CCc1ccc(CNC(=O)CN2CCCC(c3nnc4n3CCCCC4)C2)s1. The lowest BCUT2D eigenvalue weighted by Crippen LogP contribution is -2.42. The van der Waals surface area contributed by atoms with Crippen molar-refractivity contribution < 1.29 is 4.79 Å². The molecular formula is C21H31N5OS. The van der Waals surface area contributed by atoms with E-state index in [9.17, 15) is 4.79 Å². The molecule has 1 saturated heterocycles. The van der Waals surface area contributed by atoms with Crippen LogP contribution in [0.15, 0.2) is 12.1 Å². The fourth-order valence-corrected chi connectivity index (χ4v) is 5.27. The predicted octanol–water partition coefficient (Wildman–Crippen LogP) is 3.12. The van der Waals surface area contributed by atoms with E-state index in [2.05, 4.69) is 44.0 Å². The standard InChI is InChI=1S/C21H31N5OS/c1-2-17-9-10-18(28-17)13-22-20(27)15-25-11-6-7-16(14-25)21-24-23-19-8-4-3-5-12-26(19)21/h9-10,16H,2-8,11-15H2,1H3,(H,22,27). The van der Waals surface area contributed by atoms with Gasteiger partial charge >= 0.3 is 0 Å². The Labute approximate surface area is 171 Å². The topological polar surface area (TPSA) is 63.1 Å². The molecule has 4 heterocycles. The minimum absolute atomic E-state index is 0.118. The molecule has 0 aliphatic carbocycles. The number of amides is 1. The van der Waals surface area contributed by atoms with Gasteiger partial charge in [0.15, 0.2) is 0 Å². The van der Waals surface area contributed by atoms with Crippen LogP contribution in [-0.4, -0.2) is 45.2 Å². The highest BCUT2D eigenvalue weighted by atomic mass is 32.1. The van der Waals surface area contributed by atoms with Crippen LogP contribution >= 0.6 is 11.3 Å². The molecule has 0 bridgehead atoms. The van der Waals surface area contributed by atoms with Gasteiger partial charge in [-0.1, -0.05) is 13.3 Å². The second kappa shape index (κ2) is 9.18. The lowest BCUT2D eigenvalue weighted by Gasteiger charge is -2.31. The Morgan fingerprint density at radius 1 is 1.18 bits per heavy atom. The number of rotatable bonds is 6. The minimum atomic E-state index is 0.118. The summed E-state index contributed by atoms with van der Waals surface area (Å²) in [6, 6.07) is 4.28. The highest BCUT2D eigenvalue weighted by Crippen LogP contribution is 2.27. The van der Waals surface area contributed by atoms with Gasteiger partial charge in [0.05, 0.1) is 13.1 Å². The number of nitrogens with zero attached hydrogens (tertiary/aromatic N) is 4. The van der Waals surface area contributed by atoms with Crippen molar-refractivity contribution >= 4 is 17.2 Å². The van der Waals surface area contributed by atoms with Crippen molar-refractivity contribution in [2.45, 2.75) is 70.9 Å². The van der Waals surface area contributed by atoms with Gasteiger partial charge in [0.25, 0.3) is 0 Å². The minimum Gasteiger partial charge on any atom is -0.350 e. The van der Waals surface area contributed by atoms with E-state index in [0.717, 1.165) is 57.0 Å². The number of aryl methyl sites for hydroxylation is 2. The normalized spacial score (nSPS) is 20.5. The van der Waals surface area contributed by atoms with Crippen LogP contribution in [0, 0.1) is 0 Å². The lowest BCUT2D eigenvalue weighted by molar-refractivity contribution is -0.122. The van der Waals surface area contributed by atoms with Crippen molar-refractivity contribution in [3.05, 3.63) is 33.5 Å². The van der Waals surface area contributed by atoms with Gasteiger partial charge in [-0.3, -0.25) is 9.69 Å². The Balaban J connectivity index is 1.31. The van der Waals surface area contributed by atoms with Crippen molar-refractivity contribution in [3.8, 4) is 0 Å². The molecule has 1 amide bonds. The average molecular weight is 402 g/mol. The first-order valence-corrected chi connectivity index (χ1v) is 11.5. The summed E-state index contributed by atoms with van der Waals surface area (Å²) < 4.78 is 2.36. The number of aromatic nitrogens is 3. The van der Waals surface area contributed by atoms with Crippen molar-refractivity contribution in [1.82, 2.24) is 25.0 Å². The summed E-state index contributed by atoms with van der Waals surface area (Å²) in [4.78, 5) is 17.3. The van der Waals surface area contributed by atoms with E-state index in [1.807, 2.05) is 0 Å². The molecular weight excluding hydrogens is 370 g/mol. The van der Waals surface area contributed by atoms with Gasteiger partial charge in [-0.25, -0.2) is 0 Å². The number of piperidine rings is 1. The third kappa shape index (κ3) is 4.63. The van der Waals surface area contributed by atoms with Crippen molar-refractivity contribution in [1.29, 1.82) is 0 Å². The Morgan fingerprint density at radius 2 is 2.07 bits per heavy atom. The molecule has 2 aromatic rings. The van der Waals surface area contributed by atoms with E-state index in [-0.39, 0.29) is 5.91 Å². The fraction of sp³-hybridized carbons (Fsp3) is 0.667. The fourth-order valence-electron chi connectivity index (χ4n) is 4.37. The van der Waals surface area contributed by atoms with E-state index in [1.165, 1.54) is 29.0 Å². The van der Waals surface area contributed by atoms with Gasteiger partial charge < -0.3 is 9.88 Å². The molecule has 0 radical (unpaired) electrons. The number of carbonyl (C=O) groups is 1. The Hall–Kier alpha value is -1.73. The number of hydrogen-bond acceptors (Lipinski definition) is 5. The summed E-state index contributed by atoms with van der Waals surface area (Å²) in [5.74, 6) is 2.81. The molecule has 0 spiro atoms. The van der Waals surface area contributed by atoms with Crippen LogP contribution in [0.3, 0.4) is 0 Å². The summed E-state index contributed by atoms with van der Waals surface area (Å²) >= 11 is 1.79. The number of fused-ring (bicyclic) bond motifs is 1. The first-order chi connectivity index (χ1) is 13.7. The molecule has 1 fully saturated rings. The maximum absolute atomic E-state index is 12.5. The van der Waals surface area contributed by atoms with Crippen LogP contribution in [0.2, 0.25) is 0 Å². The quantitative estimate of drug-likeness (QED) is 0.808. The van der Waals surface area contributed by atoms with E-state index < -0.39 is 0 Å². The molecule has 4 rings (SSSR count). The van der Waals surface area contributed by atoms with Crippen LogP contribution in [0.4, 0.5) is 0 Å². The maximum Gasteiger partial charge on any atom is 0.234 e. The highest BCUT2D eigenvalue weighted by molar-refractivity contribution is 7.11. The Kier molecular flexibility index (Phi) is 6.42. The third-order valence-electron chi connectivity index (χ3n) is 5.90. The van der Waals surface area contributed by atoms with Crippen LogP contribution in [0.1, 0.15) is 66.3 Å². The van der Waals surface area contributed by atoms with Gasteiger partial charge in [-0.05, 0) is 50.8 Å². The predicted molar refractivity (Wildman–Crippen MR) is 112 cm³/mol. The van der Waals surface area contributed by atoms with Crippen molar-refractivity contribution in [2.24, 2.45) is 0 Å². The monoisotopic (exact) mass is 401 g/mol. The second-order valence-corrected chi connectivity index (χ2v) is 9.26. The zero-order chi connectivity index (χ0) is 19.3. The summed E-state index contributed by atoms with van der Waals surface area (Å²) in [7, 11) is 0. The Morgan fingerprint density at radius 3 is 2.93 bits per heavy atom. The first kappa shape index (κ1) is 19.6. The number of carbonyl (C=O) groups excluding carboxylic acids is 1. The molecule has 1 atom stereocenters. The largest absolute Gasteiger partial charge is 0.350 e. The van der Waals surface area contributed by atoms with Crippen LogP contribution in [-0.2, 0) is 30.7 Å². The van der Waals surface area contributed by atoms with E-state index in [4.69, 9.17) is 0 Å². The molecule has 2 aliphatic rings. The van der Waals surface area contributed by atoms with E-state index in [1.54, 1.807) is 11.3 Å². The number of thiophene rings is 1. The summed E-state index contributed by atoms with van der Waals surface area (Å²) in [6.45, 7) is 6.22. The zero-order valence-electron chi connectivity index (χ0n) is 16.8. The lowest BCUT2D eigenvalue weighted by atomic mass is 9.97. The van der Waals surface area contributed by atoms with Crippen LogP contribution in [0.25, 0.3) is 0 Å². The van der Waals surface area contributed by atoms with E-state index >= 15 is 0 Å². The summed E-state index contributed by atoms with van der Waals surface area (Å²) in [5.41, 5.74) is 0. The number of hydrogen-bond donors (Lipinski definition) is 1. The number of likely N-dealkylation sites (tertiary alicyclic amines) is 1. The smallest absolute Gasteiger partial charge is 0.234 e. The average Bonchev–Trinajstić information content (AvgIpc) is 3.27. The van der Waals surface area contributed by atoms with Crippen LogP contribution in [0.5, 0.6) is 0 Å². The second-order valence-electron chi connectivity index (χ2n) is 8.01. The molecule has 2 aromatic heterocycles. The summed E-state index contributed by atoms with van der Waals surface area (Å²) in [5, 5.41) is 12.1. The molecule has 152 valence electrons.